The fourth-order valence-corrected chi connectivity index (χ4v) is 2.84. The summed E-state index contributed by atoms with van der Waals surface area (Å²) in [6.45, 7) is 1.96. The van der Waals surface area contributed by atoms with E-state index in [9.17, 15) is 5.11 Å². The third kappa shape index (κ3) is 2.76. The van der Waals surface area contributed by atoms with Crippen molar-refractivity contribution in [2.45, 2.75) is 17.6 Å². The number of aromatic nitrogens is 2. The Balaban J connectivity index is 2.09. The minimum absolute atomic E-state index is 0.282. The van der Waals surface area contributed by atoms with Crippen molar-refractivity contribution in [3.05, 3.63) is 40.7 Å². The highest BCUT2D eigenvalue weighted by Crippen LogP contribution is 2.29. The molecule has 1 aromatic heterocycles. The minimum atomic E-state index is 0.282. The normalized spacial score (nSPS) is 10.8. The highest BCUT2D eigenvalue weighted by atomic mass is 35.5. The van der Waals surface area contributed by atoms with Gasteiger partial charge in [-0.25, -0.2) is 0 Å². The largest absolute Gasteiger partial charge is 0.508 e. The zero-order valence-corrected chi connectivity index (χ0v) is 11.2. The molecule has 0 fully saturated rings. The fourth-order valence-electron chi connectivity index (χ4n) is 1.54. The van der Waals surface area contributed by atoms with Gasteiger partial charge in [0.1, 0.15) is 10.9 Å². The Hall–Kier alpha value is -1.13. The topological polar surface area (TPSA) is 38.0 Å². The van der Waals surface area contributed by atoms with E-state index in [4.69, 9.17) is 11.6 Å². The number of nitrogens with zero attached hydrogens (tertiary/aromatic N) is 2. The minimum Gasteiger partial charge on any atom is -0.508 e. The van der Waals surface area contributed by atoms with Crippen LogP contribution < -0.4 is 0 Å². The van der Waals surface area contributed by atoms with Crippen LogP contribution in [0.25, 0.3) is 0 Å². The van der Waals surface area contributed by atoms with Crippen molar-refractivity contribution in [3.63, 3.8) is 0 Å². The van der Waals surface area contributed by atoms with Gasteiger partial charge in [0.25, 0.3) is 0 Å². The SMILES string of the molecule is Cc1nn(C)c(Cl)c1CSc1ccc(O)cc1. The molecule has 0 saturated heterocycles. The first-order chi connectivity index (χ1) is 8.08. The van der Waals surface area contributed by atoms with Crippen LogP contribution in [0.3, 0.4) is 0 Å². The Morgan fingerprint density at radius 2 is 2.00 bits per heavy atom. The number of hydrogen-bond acceptors (Lipinski definition) is 3. The second kappa shape index (κ2) is 5.02. The van der Waals surface area contributed by atoms with E-state index < -0.39 is 0 Å². The van der Waals surface area contributed by atoms with Crippen molar-refractivity contribution >= 4 is 23.4 Å². The van der Waals surface area contributed by atoms with Crippen LogP contribution in [-0.2, 0) is 12.8 Å². The predicted molar refractivity (Wildman–Crippen MR) is 70.6 cm³/mol. The van der Waals surface area contributed by atoms with E-state index in [1.165, 1.54) is 0 Å². The standard InChI is InChI=1S/C12H13ClN2OS/c1-8-11(12(13)15(2)14-8)7-17-10-5-3-9(16)4-6-10/h3-6,16H,7H2,1-2H3. The summed E-state index contributed by atoms with van der Waals surface area (Å²) in [5.74, 6) is 1.06. The van der Waals surface area contributed by atoms with Crippen LogP contribution >= 0.6 is 23.4 Å². The van der Waals surface area contributed by atoms with Crippen LogP contribution in [0.2, 0.25) is 5.15 Å². The van der Waals surface area contributed by atoms with Crippen molar-refractivity contribution in [2.75, 3.05) is 0 Å². The van der Waals surface area contributed by atoms with Crippen LogP contribution in [0.1, 0.15) is 11.3 Å². The molecule has 1 aromatic carbocycles. The molecular formula is C12H13ClN2OS. The predicted octanol–water partition coefficient (Wildman–Crippen LogP) is 3.38. The number of halogens is 1. The molecule has 0 spiro atoms. The van der Waals surface area contributed by atoms with Crippen molar-refractivity contribution in [3.8, 4) is 5.75 Å². The zero-order chi connectivity index (χ0) is 12.4. The maximum Gasteiger partial charge on any atom is 0.131 e. The number of aryl methyl sites for hydroxylation is 2. The molecule has 5 heteroatoms. The van der Waals surface area contributed by atoms with Crippen LogP contribution in [0.15, 0.2) is 29.2 Å². The van der Waals surface area contributed by atoms with Gasteiger partial charge in [-0.15, -0.1) is 11.8 Å². The molecule has 0 atom stereocenters. The van der Waals surface area contributed by atoms with Crippen molar-refractivity contribution in [1.82, 2.24) is 9.78 Å². The smallest absolute Gasteiger partial charge is 0.131 e. The average Bonchev–Trinajstić information content (AvgIpc) is 2.54. The fraction of sp³-hybridized carbons (Fsp3) is 0.250. The summed E-state index contributed by atoms with van der Waals surface area (Å²) in [4.78, 5) is 1.10. The van der Waals surface area contributed by atoms with Gasteiger partial charge in [-0.2, -0.15) is 5.10 Å². The molecule has 1 heterocycles. The molecule has 1 N–H and O–H groups in total. The summed E-state index contributed by atoms with van der Waals surface area (Å²) >= 11 is 7.83. The van der Waals surface area contributed by atoms with E-state index in [1.807, 2.05) is 26.1 Å². The molecule has 0 saturated carbocycles. The third-order valence-corrected chi connectivity index (χ3v) is 4.00. The van der Waals surface area contributed by atoms with E-state index in [1.54, 1.807) is 28.6 Å². The molecule has 2 rings (SSSR count). The maximum atomic E-state index is 9.19. The molecule has 0 radical (unpaired) electrons. The highest BCUT2D eigenvalue weighted by molar-refractivity contribution is 7.98. The summed E-state index contributed by atoms with van der Waals surface area (Å²) in [6, 6.07) is 7.14. The molecule has 0 amide bonds. The number of phenolic OH excluding ortho intramolecular Hbond substituents is 1. The van der Waals surface area contributed by atoms with Gasteiger partial charge in [0.05, 0.1) is 5.69 Å². The average molecular weight is 269 g/mol. The van der Waals surface area contributed by atoms with E-state index >= 15 is 0 Å². The lowest BCUT2D eigenvalue weighted by Crippen LogP contribution is -1.89. The van der Waals surface area contributed by atoms with E-state index in [0.717, 1.165) is 21.9 Å². The summed E-state index contributed by atoms with van der Waals surface area (Å²) in [6.07, 6.45) is 0. The quantitative estimate of drug-likeness (QED) is 0.868. The molecule has 0 unspecified atom stereocenters. The van der Waals surface area contributed by atoms with Crippen molar-refractivity contribution < 1.29 is 5.11 Å². The first-order valence-electron chi connectivity index (χ1n) is 5.17. The van der Waals surface area contributed by atoms with Crippen molar-refractivity contribution in [2.24, 2.45) is 7.05 Å². The molecule has 17 heavy (non-hydrogen) atoms. The summed E-state index contributed by atoms with van der Waals surface area (Å²) in [7, 11) is 1.84. The Morgan fingerprint density at radius 3 is 2.53 bits per heavy atom. The number of thioether (sulfide) groups is 1. The zero-order valence-electron chi connectivity index (χ0n) is 9.64. The summed E-state index contributed by atoms with van der Waals surface area (Å²) in [5.41, 5.74) is 2.02. The lowest BCUT2D eigenvalue weighted by molar-refractivity contribution is 0.475. The Kier molecular flexibility index (Phi) is 3.64. The Labute approximate surface area is 109 Å². The van der Waals surface area contributed by atoms with E-state index in [0.29, 0.717) is 5.15 Å². The molecule has 0 aliphatic heterocycles. The molecule has 3 nitrogen and oxygen atoms in total. The van der Waals surface area contributed by atoms with Gasteiger partial charge in [0, 0.05) is 23.3 Å². The van der Waals surface area contributed by atoms with Gasteiger partial charge < -0.3 is 5.11 Å². The second-order valence-corrected chi connectivity index (χ2v) is 5.17. The highest BCUT2D eigenvalue weighted by Gasteiger charge is 2.11. The lowest BCUT2D eigenvalue weighted by atomic mass is 10.3. The second-order valence-electron chi connectivity index (χ2n) is 3.76. The van der Waals surface area contributed by atoms with Crippen LogP contribution in [0.5, 0.6) is 5.75 Å². The molecule has 0 aliphatic carbocycles. The molecule has 0 aliphatic rings. The third-order valence-electron chi connectivity index (χ3n) is 2.49. The summed E-state index contributed by atoms with van der Waals surface area (Å²) < 4.78 is 1.68. The van der Waals surface area contributed by atoms with Gasteiger partial charge in [-0.3, -0.25) is 4.68 Å². The monoisotopic (exact) mass is 268 g/mol. The number of rotatable bonds is 3. The Morgan fingerprint density at radius 1 is 1.35 bits per heavy atom. The molecule has 2 aromatic rings. The van der Waals surface area contributed by atoms with Crippen molar-refractivity contribution in [1.29, 1.82) is 0 Å². The van der Waals surface area contributed by atoms with Crippen LogP contribution in [-0.4, -0.2) is 14.9 Å². The molecular weight excluding hydrogens is 256 g/mol. The first kappa shape index (κ1) is 12.3. The van der Waals surface area contributed by atoms with E-state index in [-0.39, 0.29) is 5.75 Å². The molecule has 90 valence electrons. The lowest BCUT2D eigenvalue weighted by Gasteiger charge is -2.02. The van der Waals surface area contributed by atoms with Gasteiger partial charge in [0.2, 0.25) is 0 Å². The van der Waals surface area contributed by atoms with Crippen LogP contribution in [0, 0.1) is 6.92 Å². The first-order valence-corrected chi connectivity index (χ1v) is 6.54. The number of phenols is 1. The number of benzene rings is 1. The summed E-state index contributed by atoms with van der Waals surface area (Å²) in [5, 5.41) is 14.1. The maximum absolute atomic E-state index is 9.19. The Bertz CT molecular complexity index is 522. The van der Waals surface area contributed by atoms with Gasteiger partial charge in [-0.05, 0) is 31.2 Å². The number of aromatic hydroxyl groups is 1. The van der Waals surface area contributed by atoms with E-state index in [2.05, 4.69) is 5.10 Å². The number of hydrogen-bond donors (Lipinski definition) is 1. The van der Waals surface area contributed by atoms with Gasteiger partial charge in [0.15, 0.2) is 0 Å². The molecule has 0 bridgehead atoms. The van der Waals surface area contributed by atoms with Gasteiger partial charge in [-0.1, -0.05) is 11.6 Å². The van der Waals surface area contributed by atoms with Gasteiger partial charge >= 0.3 is 0 Å². The van der Waals surface area contributed by atoms with Crippen LogP contribution in [0.4, 0.5) is 0 Å².